The van der Waals surface area contributed by atoms with E-state index in [0.717, 1.165) is 28.1 Å². The Bertz CT molecular complexity index is 1080. The number of hydrogen-bond donors (Lipinski definition) is 1. The van der Waals surface area contributed by atoms with Gasteiger partial charge in [0.15, 0.2) is 0 Å². The zero-order valence-corrected chi connectivity index (χ0v) is 17.7. The van der Waals surface area contributed by atoms with Crippen molar-refractivity contribution in [1.82, 2.24) is 5.01 Å². The van der Waals surface area contributed by atoms with Crippen LogP contribution in [0.25, 0.3) is 0 Å². The molecular formula is C24H23ClN2O3. The van der Waals surface area contributed by atoms with Gasteiger partial charge in [-0.25, -0.2) is 9.80 Å². The summed E-state index contributed by atoms with van der Waals surface area (Å²) >= 11 is 6.28. The number of aromatic carboxylic acids is 1. The van der Waals surface area contributed by atoms with Gasteiger partial charge in [-0.15, -0.1) is 0 Å². The van der Waals surface area contributed by atoms with Gasteiger partial charge in [0.05, 0.1) is 17.8 Å². The van der Waals surface area contributed by atoms with Crippen LogP contribution in [-0.2, 0) is 19.7 Å². The van der Waals surface area contributed by atoms with Crippen molar-refractivity contribution in [3.63, 3.8) is 0 Å². The van der Waals surface area contributed by atoms with Crippen molar-refractivity contribution >= 4 is 23.3 Å². The van der Waals surface area contributed by atoms with Gasteiger partial charge in [-0.3, -0.25) is 0 Å². The Morgan fingerprint density at radius 1 is 1.10 bits per heavy atom. The van der Waals surface area contributed by atoms with Gasteiger partial charge in [0.1, 0.15) is 12.4 Å². The van der Waals surface area contributed by atoms with E-state index in [1.807, 2.05) is 31.3 Å². The average molecular weight is 423 g/mol. The zero-order valence-electron chi connectivity index (χ0n) is 16.9. The van der Waals surface area contributed by atoms with Gasteiger partial charge in [-0.1, -0.05) is 41.4 Å². The number of anilines is 1. The van der Waals surface area contributed by atoms with Crippen LogP contribution < -0.4 is 9.75 Å². The van der Waals surface area contributed by atoms with Crippen molar-refractivity contribution in [3.8, 4) is 5.75 Å². The maximum absolute atomic E-state index is 11.3. The Labute approximate surface area is 181 Å². The highest BCUT2D eigenvalue weighted by Gasteiger charge is 2.26. The molecule has 1 aliphatic heterocycles. The number of ether oxygens (including phenoxy) is 1. The van der Waals surface area contributed by atoms with Crippen molar-refractivity contribution in [3.05, 3.63) is 93.5 Å². The molecule has 0 spiro atoms. The minimum Gasteiger partial charge on any atom is -0.489 e. The number of hydrogen-bond acceptors (Lipinski definition) is 4. The van der Waals surface area contributed by atoms with Gasteiger partial charge >= 0.3 is 5.97 Å². The van der Waals surface area contributed by atoms with Gasteiger partial charge in [-0.05, 0) is 54.4 Å². The van der Waals surface area contributed by atoms with Crippen molar-refractivity contribution in [2.75, 3.05) is 12.1 Å². The second kappa shape index (κ2) is 8.38. The highest BCUT2D eigenvalue weighted by Crippen LogP contribution is 2.34. The number of aryl methyl sites for hydroxylation is 1. The van der Waals surface area contributed by atoms with Crippen LogP contribution in [0.3, 0.4) is 0 Å². The molecule has 0 aliphatic carbocycles. The second-order valence-electron chi connectivity index (χ2n) is 7.55. The maximum atomic E-state index is 11.3. The lowest BCUT2D eigenvalue weighted by Crippen LogP contribution is -2.33. The Morgan fingerprint density at radius 2 is 1.87 bits per heavy atom. The lowest BCUT2D eigenvalue weighted by Gasteiger charge is -2.28. The smallest absolute Gasteiger partial charge is 0.335 e. The molecule has 3 aromatic rings. The molecule has 0 amide bonds. The Balaban J connectivity index is 1.57. The number of carbonyl (C=O) groups is 1. The van der Waals surface area contributed by atoms with Crippen LogP contribution in [-0.4, -0.2) is 23.1 Å². The molecule has 5 nitrogen and oxygen atoms in total. The first kappa shape index (κ1) is 20.3. The first-order chi connectivity index (χ1) is 14.4. The molecule has 1 N–H and O–H groups in total. The standard InChI is InChI=1S/C24H23ClN2O3/c1-16-3-5-17(6-4-16)15-30-23-10-8-21(25)12-20(23)14-27-22-9-7-18(24(28)29)11-19(22)13-26(27)2/h3-12H,13-15H2,1-2H3,(H,28,29). The van der Waals surface area contributed by atoms with E-state index in [2.05, 4.69) is 41.2 Å². The quantitative estimate of drug-likeness (QED) is 0.584. The van der Waals surface area contributed by atoms with E-state index in [1.165, 1.54) is 5.56 Å². The number of carboxylic acid groups (broad SMARTS) is 1. The van der Waals surface area contributed by atoms with Crippen LogP contribution >= 0.6 is 11.6 Å². The van der Waals surface area contributed by atoms with Crippen molar-refractivity contribution in [1.29, 1.82) is 0 Å². The zero-order chi connectivity index (χ0) is 21.3. The Morgan fingerprint density at radius 3 is 2.60 bits per heavy atom. The van der Waals surface area contributed by atoms with Crippen LogP contribution in [0.15, 0.2) is 60.7 Å². The van der Waals surface area contributed by atoms with Crippen LogP contribution in [0.1, 0.15) is 32.6 Å². The topological polar surface area (TPSA) is 53.0 Å². The molecule has 154 valence electrons. The van der Waals surface area contributed by atoms with Crippen molar-refractivity contribution in [2.24, 2.45) is 0 Å². The molecule has 3 aromatic carbocycles. The normalized spacial score (nSPS) is 13.4. The average Bonchev–Trinajstić information content (AvgIpc) is 3.03. The minimum absolute atomic E-state index is 0.300. The van der Waals surface area contributed by atoms with Crippen molar-refractivity contribution in [2.45, 2.75) is 26.6 Å². The molecule has 1 aliphatic rings. The SMILES string of the molecule is Cc1ccc(COc2ccc(Cl)cc2CN2c3ccc(C(=O)O)cc3CN2C)cc1. The van der Waals surface area contributed by atoms with Crippen molar-refractivity contribution < 1.29 is 14.6 Å². The third-order valence-electron chi connectivity index (χ3n) is 5.27. The molecule has 0 fully saturated rings. The molecule has 0 aromatic heterocycles. The van der Waals surface area contributed by atoms with E-state index in [9.17, 15) is 9.90 Å². The lowest BCUT2D eigenvalue weighted by molar-refractivity contribution is 0.0697. The Hall–Kier alpha value is -3.02. The van der Waals surface area contributed by atoms with Crippen LogP contribution in [0.2, 0.25) is 5.02 Å². The van der Waals surface area contributed by atoms with Crippen LogP contribution in [0.4, 0.5) is 5.69 Å². The highest BCUT2D eigenvalue weighted by molar-refractivity contribution is 6.30. The molecule has 0 unspecified atom stereocenters. The first-order valence-corrected chi connectivity index (χ1v) is 10.1. The fraction of sp³-hybridized carbons (Fsp3) is 0.208. The van der Waals surface area contributed by atoms with E-state index in [-0.39, 0.29) is 0 Å². The molecule has 0 saturated carbocycles. The summed E-state index contributed by atoms with van der Waals surface area (Å²) in [6, 6.07) is 19.2. The summed E-state index contributed by atoms with van der Waals surface area (Å²) in [7, 11) is 1.98. The third-order valence-corrected chi connectivity index (χ3v) is 5.51. The molecule has 0 radical (unpaired) electrons. The second-order valence-corrected chi connectivity index (χ2v) is 7.98. The predicted octanol–water partition coefficient (Wildman–Crippen LogP) is 5.29. The number of hydrazine groups is 1. The number of nitrogens with zero attached hydrogens (tertiary/aromatic N) is 2. The summed E-state index contributed by atoms with van der Waals surface area (Å²) in [6.45, 7) is 3.76. The number of carboxylic acids is 1. The summed E-state index contributed by atoms with van der Waals surface area (Å²) in [5.41, 5.74) is 5.57. The van der Waals surface area contributed by atoms with E-state index in [4.69, 9.17) is 16.3 Å². The summed E-state index contributed by atoms with van der Waals surface area (Å²) in [6.07, 6.45) is 0. The summed E-state index contributed by atoms with van der Waals surface area (Å²) in [5, 5.41) is 14.1. The monoisotopic (exact) mass is 422 g/mol. The van der Waals surface area contributed by atoms with Gasteiger partial charge in [0.2, 0.25) is 0 Å². The summed E-state index contributed by atoms with van der Waals surface area (Å²) < 4.78 is 6.12. The van der Waals surface area contributed by atoms with Crippen LogP contribution in [0, 0.1) is 6.92 Å². The lowest BCUT2D eigenvalue weighted by atomic mass is 10.1. The Kier molecular flexibility index (Phi) is 5.66. The van der Waals surface area contributed by atoms with Gasteiger partial charge in [0.25, 0.3) is 0 Å². The predicted molar refractivity (Wildman–Crippen MR) is 118 cm³/mol. The van der Waals surface area contributed by atoms with Crippen LogP contribution in [0.5, 0.6) is 5.75 Å². The highest BCUT2D eigenvalue weighted by atomic mass is 35.5. The molecule has 6 heteroatoms. The van der Waals surface area contributed by atoms with E-state index in [1.54, 1.807) is 12.1 Å². The van der Waals surface area contributed by atoms with Gasteiger partial charge in [0, 0.05) is 24.2 Å². The number of rotatable bonds is 6. The molecule has 4 rings (SSSR count). The maximum Gasteiger partial charge on any atom is 0.335 e. The molecule has 0 saturated heterocycles. The number of halogens is 1. The summed E-state index contributed by atoms with van der Waals surface area (Å²) in [5.74, 6) is -0.135. The fourth-order valence-corrected chi connectivity index (χ4v) is 3.83. The fourth-order valence-electron chi connectivity index (χ4n) is 3.64. The molecule has 0 bridgehead atoms. The molecule has 1 heterocycles. The van der Waals surface area contributed by atoms with E-state index in [0.29, 0.717) is 30.3 Å². The third kappa shape index (κ3) is 4.27. The molecule has 0 atom stereocenters. The number of fused-ring (bicyclic) bond motifs is 1. The van der Waals surface area contributed by atoms with E-state index >= 15 is 0 Å². The summed E-state index contributed by atoms with van der Waals surface area (Å²) in [4.78, 5) is 11.3. The minimum atomic E-state index is -0.916. The van der Waals surface area contributed by atoms with Gasteiger partial charge in [-0.2, -0.15) is 0 Å². The largest absolute Gasteiger partial charge is 0.489 e. The molecular weight excluding hydrogens is 400 g/mol. The first-order valence-electron chi connectivity index (χ1n) is 9.72. The number of benzene rings is 3. The molecule has 30 heavy (non-hydrogen) atoms. The van der Waals surface area contributed by atoms with E-state index < -0.39 is 5.97 Å². The van der Waals surface area contributed by atoms with Gasteiger partial charge < -0.3 is 14.9 Å².